The molecule has 1 aliphatic carbocycles. The van der Waals surface area contributed by atoms with Crippen molar-refractivity contribution < 1.29 is 0 Å². The number of hydrogen-bond acceptors (Lipinski definition) is 2. The number of rotatable bonds is 2. The first-order valence-electron chi connectivity index (χ1n) is 6.39. The molecule has 16 heavy (non-hydrogen) atoms. The summed E-state index contributed by atoms with van der Waals surface area (Å²) in [6.07, 6.45) is 2.71. The summed E-state index contributed by atoms with van der Waals surface area (Å²) < 4.78 is 0. The number of fused-ring (bicyclic) bond motifs is 1. The number of hydrogen-bond donors (Lipinski definition) is 2. The summed E-state index contributed by atoms with van der Waals surface area (Å²) in [5.74, 6) is 1.63. The van der Waals surface area contributed by atoms with Crippen LogP contribution in [0.3, 0.4) is 0 Å². The normalized spacial score (nSPS) is 37.3. The molecule has 1 saturated heterocycles. The Labute approximate surface area is 97.4 Å². The SMILES string of the molecule is CC1CCC2NCC2C1Nc1ccccc1. The van der Waals surface area contributed by atoms with Gasteiger partial charge in [-0.25, -0.2) is 0 Å². The van der Waals surface area contributed by atoms with Gasteiger partial charge in [0, 0.05) is 30.2 Å². The van der Waals surface area contributed by atoms with Crippen LogP contribution in [0.1, 0.15) is 19.8 Å². The quantitative estimate of drug-likeness (QED) is 0.793. The van der Waals surface area contributed by atoms with Crippen LogP contribution in [-0.4, -0.2) is 18.6 Å². The molecule has 0 aromatic heterocycles. The number of nitrogens with one attached hydrogen (secondary N) is 2. The van der Waals surface area contributed by atoms with Gasteiger partial charge in [-0.05, 0) is 30.9 Å². The van der Waals surface area contributed by atoms with Crippen molar-refractivity contribution >= 4 is 5.69 Å². The van der Waals surface area contributed by atoms with Crippen LogP contribution in [-0.2, 0) is 0 Å². The molecule has 0 radical (unpaired) electrons. The summed E-state index contributed by atoms with van der Waals surface area (Å²) in [5.41, 5.74) is 1.27. The van der Waals surface area contributed by atoms with Crippen molar-refractivity contribution in [3.8, 4) is 0 Å². The van der Waals surface area contributed by atoms with Crippen molar-refractivity contribution in [1.29, 1.82) is 0 Å². The first-order valence-corrected chi connectivity index (χ1v) is 6.39. The minimum Gasteiger partial charge on any atom is -0.382 e. The second kappa shape index (κ2) is 4.10. The van der Waals surface area contributed by atoms with Gasteiger partial charge in [0.15, 0.2) is 0 Å². The molecule has 2 aliphatic rings. The molecule has 1 aromatic carbocycles. The van der Waals surface area contributed by atoms with Crippen molar-refractivity contribution in [2.75, 3.05) is 11.9 Å². The molecule has 2 N–H and O–H groups in total. The monoisotopic (exact) mass is 216 g/mol. The van der Waals surface area contributed by atoms with Crippen LogP contribution >= 0.6 is 0 Å². The standard InChI is InChI=1S/C14H20N2/c1-10-7-8-13-12(9-15-13)14(10)16-11-5-3-2-4-6-11/h2-6,10,12-16H,7-9H2,1H3. The lowest BCUT2D eigenvalue weighted by atomic mass is 9.70. The highest BCUT2D eigenvalue weighted by Gasteiger charge is 2.42. The van der Waals surface area contributed by atoms with Crippen LogP contribution < -0.4 is 10.6 Å². The fourth-order valence-electron chi connectivity index (χ4n) is 3.13. The van der Waals surface area contributed by atoms with E-state index >= 15 is 0 Å². The van der Waals surface area contributed by atoms with Crippen molar-refractivity contribution in [3.63, 3.8) is 0 Å². The van der Waals surface area contributed by atoms with Gasteiger partial charge in [0.2, 0.25) is 0 Å². The van der Waals surface area contributed by atoms with Gasteiger partial charge in [0.25, 0.3) is 0 Å². The molecule has 1 aliphatic heterocycles. The van der Waals surface area contributed by atoms with Gasteiger partial charge in [-0.3, -0.25) is 0 Å². The van der Waals surface area contributed by atoms with Gasteiger partial charge >= 0.3 is 0 Å². The molecule has 1 aromatic rings. The zero-order valence-corrected chi connectivity index (χ0v) is 9.82. The summed E-state index contributed by atoms with van der Waals surface area (Å²) in [5, 5.41) is 7.27. The highest BCUT2D eigenvalue weighted by atomic mass is 15.1. The largest absolute Gasteiger partial charge is 0.382 e. The molecule has 4 unspecified atom stereocenters. The predicted octanol–water partition coefficient (Wildman–Crippen LogP) is 2.49. The van der Waals surface area contributed by atoms with E-state index < -0.39 is 0 Å². The van der Waals surface area contributed by atoms with E-state index in [4.69, 9.17) is 0 Å². The number of para-hydroxylation sites is 1. The Morgan fingerprint density at radius 1 is 1.19 bits per heavy atom. The van der Waals surface area contributed by atoms with E-state index in [-0.39, 0.29) is 0 Å². The maximum atomic E-state index is 3.72. The lowest BCUT2D eigenvalue weighted by Gasteiger charge is -2.50. The smallest absolute Gasteiger partial charge is 0.0342 e. The number of benzene rings is 1. The second-order valence-electron chi connectivity index (χ2n) is 5.27. The van der Waals surface area contributed by atoms with Crippen LogP contribution in [0.4, 0.5) is 5.69 Å². The first-order chi connectivity index (χ1) is 7.84. The topological polar surface area (TPSA) is 24.1 Å². The minimum absolute atomic E-state index is 0.655. The molecule has 1 saturated carbocycles. The third-order valence-electron chi connectivity index (χ3n) is 4.25. The van der Waals surface area contributed by atoms with E-state index in [1.807, 2.05) is 0 Å². The second-order valence-corrected chi connectivity index (χ2v) is 5.27. The molecule has 1 heterocycles. The number of anilines is 1. The summed E-state index contributed by atoms with van der Waals surface area (Å²) in [4.78, 5) is 0. The lowest BCUT2D eigenvalue weighted by molar-refractivity contribution is 0.114. The van der Waals surface area contributed by atoms with Gasteiger partial charge in [-0.15, -0.1) is 0 Å². The van der Waals surface area contributed by atoms with Crippen LogP contribution in [0.5, 0.6) is 0 Å². The molecule has 0 spiro atoms. The fourth-order valence-corrected chi connectivity index (χ4v) is 3.13. The Morgan fingerprint density at radius 2 is 2.00 bits per heavy atom. The van der Waals surface area contributed by atoms with Crippen LogP contribution in [0.2, 0.25) is 0 Å². The summed E-state index contributed by atoms with van der Waals surface area (Å²) in [6, 6.07) is 12.0. The Hall–Kier alpha value is -1.02. The Bertz CT molecular complexity index is 349. The van der Waals surface area contributed by atoms with E-state index in [1.54, 1.807) is 0 Å². The first kappa shape index (κ1) is 10.2. The molecule has 3 rings (SSSR count). The molecule has 0 bridgehead atoms. The minimum atomic E-state index is 0.655. The summed E-state index contributed by atoms with van der Waals surface area (Å²) in [6.45, 7) is 3.58. The Morgan fingerprint density at radius 3 is 2.69 bits per heavy atom. The fraction of sp³-hybridized carbons (Fsp3) is 0.571. The van der Waals surface area contributed by atoms with Gasteiger partial charge in [-0.2, -0.15) is 0 Å². The van der Waals surface area contributed by atoms with Gasteiger partial charge in [-0.1, -0.05) is 25.1 Å². The van der Waals surface area contributed by atoms with Crippen molar-refractivity contribution in [3.05, 3.63) is 30.3 Å². The zero-order valence-electron chi connectivity index (χ0n) is 9.82. The maximum absolute atomic E-state index is 3.72. The molecule has 4 atom stereocenters. The van der Waals surface area contributed by atoms with E-state index in [1.165, 1.54) is 25.1 Å². The Kier molecular flexibility index (Phi) is 2.60. The average molecular weight is 216 g/mol. The Balaban J connectivity index is 1.73. The van der Waals surface area contributed by atoms with Crippen molar-refractivity contribution in [1.82, 2.24) is 5.32 Å². The molecule has 2 fully saturated rings. The lowest BCUT2D eigenvalue weighted by Crippen LogP contribution is -2.63. The van der Waals surface area contributed by atoms with Crippen LogP contribution in [0, 0.1) is 11.8 Å². The van der Waals surface area contributed by atoms with E-state index in [0.717, 1.165) is 17.9 Å². The third-order valence-corrected chi connectivity index (χ3v) is 4.25. The van der Waals surface area contributed by atoms with Crippen LogP contribution in [0.25, 0.3) is 0 Å². The molecular formula is C14H20N2. The summed E-state index contributed by atoms with van der Waals surface area (Å²) in [7, 11) is 0. The van der Waals surface area contributed by atoms with Gasteiger partial charge < -0.3 is 10.6 Å². The molecule has 86 valence electrons. The summed E-state index contributed by atoms with van der Waals surface area (Å²) >= 11 is 0. The van der Waals surface area contributed by atoms with E-state index in [0.29, 0.717) is 6.04 Å². The van der Waals surface area contributed by atoms with Crippen LogP contribution in [0.15, 0.2) is 30.3 Å². The zero-order chi connectivity index (χ0) is 11.0. The molecule has 2 heteroatoms. The van der Waals surface area contributed by atoms with E-state index in [9.17, 15) is 0 Å². The molecule has 0 amide bonds. The maximum Gasteiger partial charge on any atom is 0.0342 e. The highest BCUT2D eigenvalue weighted by Crippen LogP contribution is 2.35. The van der Waals surface area contributed by atoms with Gasteiger partial charge in [0.1, 0.15) is 0 Å². The molecule has 2 nitrogen and oxygen atoms in total. The van der Waals surface area contributed by atoms with E-state index in [2.05, 4.69) is 47.9 Å². The predicted molar refractivity (Wildman–Crippen MR) is 67.5 cm³/mol. The highest BCUT2D eigenvalue weighted by molar-refractivity contribution is 5.44. The van der Waals surface area contributed by atoms with Crippen molar-refractivity contribution in [2.24, 2.45) is 11.8 Å². The third kappa shape index (κ3) is 1.71. The van der Waals surface area contributed by atoms with Crippen molar-refractivity contribution in [2.45, 2.75) is 31.8 Å². The van der Waals surface area contributed by atoms with Gasteiger partial charge in [0.05, 0.1) is 0 Å². The average Bonchev–Trinajstić information content (AvgIpc) is 2.26. The molecular weight excluding hydrogens is 196 g/mol.